The predicted molar refractivity (Wildman–Crippen MR) is 79.0 cm³/mol. The van der Waals surface area contributed by atoms with Crippen LogP contribution in [-0.4, -0.2) is 17.6 Å². The summed E-state index contributed by atoms with van der Waals surface area (Å²) in [6, 6.07) is 13.4. The summed E-state index contributed by atoms with van der Waals surface area (Å²) in [5.74, 6) is -0.939. The smallest absolute Gasteiger partial charge is 0.337 e. The lowest BCUT2D eigenvalue weighted by Gasteiger charge is -2.31. The van der Waals surface area contributed by atoms with Crippen LogP contribution in [0.4, 0.5) is 11.4 Å². The fourth-order valence-electron chi connectivity index (χ4n) is 2.70. The van der Waals surface area contributed by atoms with E-state index in [1.807, 2.05) is 12.1 Å². The third kappa shape index (κ3) is 2.20. The van der Waals surface area contributed by atoms with Gasteiger partial charge in [-0.25, -0.2) is 4.79 Å². The predicted octanol–water partition coefficient (Wildman–Crippen LogP) is 2.53. The molecule has 0 bridgehead atoms. The first kappa shape index (κ1) is 12.5. The van der Waals surface area contributed by atoms with Crippen molar-refractivity contribution >= 4 is 17.3 Å². The van der Waals surface area contributed by atoms with Gasteiger partial charge in [-0.3, -0.25) is 0 Å². The first-order valence-electron chi connectivity index (χ1n) is 6.59. The molecule has 20 heavy (non-hydrogen) atoms. The van der Waals surface area contributed by atoms with Crippen molar-refractivity contribution in [1.82, 2.24) is 0 Å². The van der Waals surface area contributed by atoms with E-state index < -0.39 is 5.97 Å². The van der Waals surface area contributed by atoms with E-state index in [0.717, 1.165) is 25.2 Å². The fraction of sp³-hybridized carbons (Fsp3) is 0.188. The fourth-order valence-corrected chi connectivity index (χ4v) is 2.70. The first-order valence-corrected chi connectivity index (χ1v) is 6.59. The van der Waals surface area contributed by atoms with Crippen molar-refractivity contribution in [2.75, 3.05) is 17.2 Å². The molecule has 102 valence electrons. The molecule has 2 aromatic carbocycles. The summed E-state index contributed by atoms with van der Waals surface area (Å²) in [5.41, 5.74) is 9.77. The lowest BCUT2D eigenvalue weighted by molar-refractivity contribution is 0.0697. The first-order chi connectivity index (χ1) is 9.65. The summed E-state index contributed by atoms with van der Waals surface area (Å²) in [7, 11) is 0. The maximum Gasteiger partial charge on any atom is 0.337 e. The van der Waals surface area contributed by atoms with Gasteiger partial charge < -0.3 is 15.7 Å². The number of benzene rings is 2. The highest BCUT2D eigenvalue weighted by Crippen LogP contribution is 2.28. The molecule has 0 saturated heterocycles. The van der Waals surface area contributed by atoms with E-state index in [9.17, 15) is 9.90 Å². The van der Waals surface area contributed by atoms with Gasteiger partial charge in [0, 0.05) is 18.8 Å². The minimum Gasteiger partial charge on any atom is -0.478 e. The van der Waals surface area contributed by atoms with Gasteiger partial charge in [0.1, 0.15) is 0 Å². The molecule has 0 radical (unpaired) electrons. The van der Waals surface area contributed by atoms with Crippen LogP contribution in [0.25, 0.3) is 0 Å². The second-order valence-corrected chi connectivity index (χ2v) is 5.02. The highest BCUT2D eigenvalue weighted by molar-refractivity contribution is 5.95. The minimum atomic E-state index is -0.939. The monoisotopic (exact) mass is 268 g/mol. The number of nitrogen functional groups attached to an aromatic ring is 1. The molecule has 2 aromatic rings. The van der Waals surface area contributed by atoms with E-state index in [2.05, 4.69) is 17.0 Å². The zero-order valence-corrected chi connectivity index (χ0v) is 11.0. The Bertz CT molecular complexity index is 667. The standard InChI is InChI=1S/C16H16N2O2/c17-13-5-6-15(14(9-13)16(19)20)18-8-7-11-3-1-2-4-12(11)10-18/h1-6,9H,7-8,10,17H2,(H,19,20). The van der Waals surface area contributed by atoms with Gasteiger partial charge in [0.25, 0.3) is 0 Å². The van der Waals surface area contributed by atoms with Gasteiger partial charge >= 0.3 is 5.97 Å². The van der Waals surface area contributed by atoms with Crippen LogP contribution in [0.2, 0.25) is 0 Å². The summed E-state index contributed by atoms with van der Waals surface area (Å²) in [6.45, 7) is 1.56. The Morgan fingerprint density at radius 3 is 2.65 bits per heavy atom. The average molecular weight is 268 g/mol. The van der Waals surface area contributed by atoms with Gasteiger partial charge in [-0.15, -0.1) is 0 Å². The highest BCUT2D eigenvalue weighted by atomic mass is 16.4. The van der Waals surface area contributed by atoms with Crippen LogP contribution in [0, 0.1) is 0 Å². The van der Waals surface area contributed by atoms with Crippen LogP contribution in [0.5, 0.6) is 0 Å². The maximum absolute atomic E-state index is 11.4. The maximum atomic E-state index is 11.4. The van der Waals surface area contributed by atoms with Gasteiger partial charge in [-0.1, -0.05) is 24.3 Å². The lowest BCUT2D eigenvalue weighted by Crippen LogP contribution is -2.31. The topological polar surface area (TPSA) is 66.6 Å². The Labute approximate surface area is 117 Å². The molecule has 0 aliphatic carbocycles. The molecule has 0 amide bonds. The summed E-state index contributed by atoms with van der Waals surface area (Å²) >= 11 is 0. The Kier molecular flexibility index (Phi) is 3.06. The molecular weight excluding hydrogens is 252 g/mol. The summed E-state index contributed by atoms with van der Waals surface area (Å²) in [4.78, 5) is 13.5. The van der Waals surface area contributed by atoms with Gasteiger partial charge in [-0.2, -0.15) is 0 Å². The molecule has 0 fully saturated rings. The van der Waals surface area contributed by atoms with Gasteiger partial charge in [0.05, 0.1) is 11.3 Å². The van der Waals surface area contributed by atoms with E-state index >= 15 is 0 Å². The molecule has 3 rings (SSSR count). The number of fused-ring (bicyclic) bond motifs is 1. The molecule has 4 nitrogen and oxygen atoms in total. The number of rotatable bonds is 2. The van der Waals surface area contributed by atoms with Crippen LogP contribution < -0.4 is 10.6 Å². The molecular formula is C16H16N2O2. The third-order valence-electron chi connectivity index (χ3n) is 3.72. The number of anilines is 2. The molecule has 0 unspecified atom stereocenters. The molecule has 1 heterocycles. The Morgan fingerprint density at radius 1 is 1.15 bits per heavy atom. The van der Waals surface area contributed by atoms with Crippen molar-refractivity contribution in [1.29, 1.82) is 0 Å². The molecule has 0 atom stereocenters. The van der Waals surface area contributed by atoms with Crippen molar-refractivity contribution in [3.8, 4) is 0 Å². The molecule has 3 N–H and O–H groups in total. The average Bonchev–Trinajstić information content (AvgIpc) is 2.46. The molecule has 0 aromatic heterocycles. The largest absolute Gasteiger partial charge is 0.478 e. The molecule has 1 aliphatic rings. The van der Waals surface area contributed by atoms with E-state index in [0.29, 0.717) is 5.69 Å². The SMILES string of the molecule is Nc1ccc(N2CCc3ccccc3C2)c(C(=O)O)c1. The van der Waals surface area contributed by atoms with E-state index in [-0.39, 0.29) is 5.56 Å². The van der Waals surface area contributed by atoms with Gasteiger partial charge in [-0.05, 0) is 35.7 Å². The lowest BCUT2D eigenvalue weighted by atomic mass is 9.98. The Hall–Kier alpha value is -2.49. The zero-order chi connectivity index (χ0) is 14.1. The summed E-state index contributed by atoms with van der Waals surface area (Å²) in [5, 5.41) is 9.33. The quantitative estimate of drug-likeness (QED) is 0.821. The van der Waals surface area contributed by atoms with E-state index in [1.54, 1.807) is 12.1 Å². The second-order valence-electron chi connectivity index (χ2n) is 5.02. The number of nitrogens with two attached hydrogens (primary N) is 1. The van der Waals surface area contributed by atoms with Crippen molar-refractivity contribution in [3.05, 3.63) is 59.2 Å². The van der Waals surface area contributed by atoms with Crippen molar-refractivity contribution < 1.29 is 9.90 Å². The molecule has 1 aliphatic heterocycles. The Morgan fingerprint density at radius 2 is 1.90 bits per heavy atom. The van der Waals surface area contributed by atoms with Crippen molar-refractivity contribution in [2.45, 2.75) is 13.0 Å². The normalized spacial score (nSPS) is 13.9. The molecule has 0 spiro atoms. The highest BCUT2D eigenvalue weighted by Gasteiger charge is 2.20. The number of carboxylic acids is 1. The van der Waals surface area contributed by atoms with E-state index in [1.165, 1.54) is 17.2 Å². The minimum absolute atomic E-state index is 0.268. The number of hydrogen-bond acceptors (Lipinski definition) is 3. The second kappa shape index (κ2) is 4.89. The molecule has 4 heteroatoms. The van der Waals surface area contributed by atoms with Gasteiger partial charge in [0.15, 0.2) is 0 Å². The molecule has 0 saturated carbocycles. The summed E-state index contributed by atoms with van der Waals surface area (Å²) in [6.07, 6.45) is 0.930. The number of hydrogen-bond donors (Lipinski definition) is 2. The number of aromatic carboxylic acids is 1. The zero-order valence-electron chi connectivity index (χ0n) is 11.0. The number of carbonyl (C=O) groups is 1. The number of nitrogens with zero attached hydrogens (tertiary/aromatic N) is 1. The van der Waals surface area contributed by atoms with Crippen LogP contribution in [0.1, 0.15) is 21.5 Å². The van der Waals surface area contributed by atoms with Crippen LogP contribution >= 0.6 is 0 Å². The van der Waals surface area contributed by atoms with Crippen LogP contribution in [-0.2, 0) is 13.0 Å². The van der Waals surface area contributed by atoms with E-state index in [4.69, 9.17) is 5.73 Å². The van der Waals surface area contributed by atoms with Crippen molar-refractivity contribution in [2.24, 2.45) is 0 Å². The van der Waals surface area contributed by atoms with Crippen LogP contribution in [0.15, 0.2) is 42.5 Å². The summed E-state index contributed by atoms with van der Waals surface area (Å²) < 4.78 is 0. The van der Waals surface area contributed by atoms with Gasteiger partial charge in [0.2, 0.25) is 0 Å². The van der Waals surface area contributed by atoms with Crippen molar-refractivity contribution in [3.63, 3.8) is 0 Å². The number of carboxylic acid groups (broad SMARTS) is 1. The van der Waals surface area contributed by atoms with Crippen LogP contribution in [0.3, 0.4) is 0 Å². The Balaban J connectivity index is 1.97. The third-order valence-corrected chi connectivity index (χ3v) is 3.72.